The van der Waals surface area contributed by atoms with E-state index in [1.807, 2.05) is 0 Å². The summed E-state index contributed by atoms with van der Waals surface area (Å²) in [5.74, 6) is 0. The molecule has 10 heteroatoms. The highest BCUT2D eigenvalue weighted by Gasteiger charge is 2.50. The summed E-state index contributed by atoms with van der Waals surface area (Å²) in [6.07, 6.45) is -10.8. The lowest BCUT2D eigenvalue weighted by atomic mass is 10.0. The van der Waals surface area contributed by atoms with Crippen LogP contribution in [0, 0.1) is 0 Å². The number of halogens is 6. The third kappa shape index (κ3) is 3.69. The molecular formula is C18H18F6N2O2. The molecule has 0 unspecified atom stereocenters. The lowest BCUT2D eigenvalue weighted by molar-refractivity contribution is -0.218. The highest BCUT2D eigenvalue weighted by atomic mass is 19.4. The van der Waals surface area contributed by atoms with Gasteiger partial charge in [-0.15, -0.1) is 0 Å². The summed E-state index contributed by atoms with van der Waals surface area (Å²) in [5.41, 5.74) is -1.86. The third-order valence-corrected chi connectivity index (χ3v) is 5.07. The van der Waals surface area contributed by atoms with E-state index in [1.165, 1.54) is 23.1 Å². The third-order valence-electron chi connectivity index (χ3n) is 5.07. The van der Waals surface area contributed by atoms with Crippen molar-refractivity contribution in [3.63, 3.8) is 0 Å². The molecule has 2 aromatic rings. The molecule has 1 saturated heterocycles. The van der Waals surface area contributed by atoms with E-state index in [1.54, 1.807) is 6.92 Å². The van der Waals surface area contributed by atoms with Crippen LogP contribution >= 0.6 is 0 Å². The molecule has 2 heterocycles. The molecule has 154 valence electrons. The molecule has 1 aromatic carbocycles. The molecule has 3 atom stereocenters. The summed E-state index contributed by atoms with van der Waals surface area (Å²) in [6.45, 7) is 1.71. The lowest BCUT2D eigenvalue weighted by Gasteiger charge is -2.36. The molecule has 28 heavy (non-hydrogen) atoms. The van der Waals surface area contributed by atoms with E-state index in [2.05, 4.69) is 9.72 Å². The molecule has 1 aliphatic heterocycles. The summed E-state index contributed by atoms with van der Waals surface area (Å²) >= 11 is 0. The second kappa shape index (κ2) is 6.98. The van der Waals surface area contributed by atoms with Gasteiger partial charge in [-0.25, -0.2) is 0 Å². The van der Waals surface area contributed by atoms with Crippen LogP contribution in [-0.2, 0) is 10.9 Å². The van der Waals surface area contributed by atoms with E-state index in [0.717, 1.165) is 7.11 Å². The van der Waals surface area contributed by atoms with Crippen LogP contribution in [0.3, 0.4) is 0 Å². The van der Waals surface area contributed by atoms with Crippen LogP contribution in [0.25, 0.3) is 10.9 Å². The summed E-state index contributed by atoms with van der Waals surface area (Å²) in [6, 6.07) is 2.93. The minimum Gasteiger partial charge on any atom is -0.370 e. The van der Waals surface area contributed by atoms with E-state index in [4.69, 9.17) is 0 Å². The number of hydrogen-bond donors (Lipinski definition) is 1. The predicted molar refractivity (Wildman–Crippen MR) is 91.4 cm³/mol. The molecule has 0 bridgehead atoms. The number of nitrogens with one attached hydrogen (secondary N) is 1. The number of fused-ring (bicyclic) bond motifs is 1. The van der Waals surface area contributed by atoms with Crippen molar-refractivity contribution in [1.82, 2.24) is 4.98 Å². The maximum atomic E-state index is 13.4. The number of ether oxygens (including phenoxy) is 1. The van der Waals surface area contributed by atoms with Gasteiger partial charge in [-0.05, 0) is 38.0 Å². The molecule has 0 amide bonds. The number of hydrogen-bond acceptors (Lipinski definition) is 3. The number of methoxy groups -OCH3 is 1. The Hall–Kier alpha value is -2.23. The standard InChI is InChI=1S/C18H18F6N2O2/c1-9-3-6-14(16(28-2)18(22,23)24)26(9)10-4-5-13-11(7-10)12(17(19,20)21)8-15(27)25-13/h4-5,7-9,14,16H,3,6H2,1-2H3,(H,25,27)/t9-,14+,16+/m0/s1. The van der Waals surface area contributed by atoms with Crippen molar-refractivity contribution >= 4 is 16.6 Å². The summed E-state index contributed by atoms with van der Waals surface area (Å²) in [4.78, 5) is 15.3. The number of nitrogens with zero attached hydrogens (tertiary/aromatic N) is 1. The van der Waals surface area contributed by atoms with Crippen LogP contribution in [0.1, 0.15) is 25.3 Å². The fourth-order valence-electron chi connectivity index (χ4n) is 3.91. The van der Waals surface area contributed by atoms with E-state index in [-0.39, 0.29) is 29.1 Å². The number of anilines is 1. The van der Waals surface area contributed by atoms with Crippen LogP contribution in [-0.4, -0.2) is 36.5 Å². The number of aromatic nitrogens is 1. The van der Waals surface area contributed by atoms with Crippen molar-refractivity contribution in [3.8, 4) is 0 Å². The number of rotatable bonds is 3. The minimum absolute atomic E-state index is 0.0360. The van der Waals surface area contributed by atoms with Crippen LogP contribution < -0.4 is 10.5 Å². The molecule has 3 rings (SSSR count). The Morgan fingerprint density at radius 1 is 1.14 bits per heavy atom. The minimum atomic E-state index is -4.78. The van der Waals surface area contributed by atoms with Gasteiger partial charge >= 0.3 is 12.4 Å². The molecule has 0 spiro atoms. The van der Waals surface area contributed by atoms with Gasteiger partial charge in [0.15, 0.2) is 6.10 Å². The summed E-state index contributed by atoms with van der Waals surface area (Å²) < 4.78 is 84.9. The van der Waals surface area contributed by atoms with E-state index in [0.29, 0.717) is 12.5 Å². The van der Waals surface area contributed by atoms with Gasteiger partial charge in [0.05, 0.1) is 11.6 Å². The summed E-state index contributed by atoms with van der Waals surface area (Å²) in [7, 11) is 0.964. The first-order valence-corrected chi connectivity index (χ1v) is 8.55. The Kier molecular flexibility index (Phi) is 5.11. The molecular weight excluding hydrogens is 390 g/mol. The number of benzene rings is 1. The van der Waals surface area contributed by atoms with Gasteiger partial charge in [-0.1, -0.05) is 0 Å². The van der Waals surface area contributed by atoms with Crippen LogP contribution in [0.15, 0.2) is 29.1 Å². The van der Waals surface area contributed by atoms with Crippen molar-refractivity contribution in [1.29, 1.82) is 0 Å². The van der Waals surface area contributed by atoms with Crippen LogP contribution in [0.4, 0.5) is 32.0 Å². The lowest BCUT2D eigenvalue weighted by Crippen LogP contribution is -2.49. The fourth-order valence-corrected chi connectivity index (χ4v) is 3.91. The predicted octanol–water partition coefficient (Wildman–Crippen LogP) is 4.48. The number of alkyl halides is 6. The molecule has 0 saturated carbocycles. The largest absolute Gasteiger partial charge is 0.417 e. The van der Waals surface area contributed by atoms with Crippen molar-refractivity contribution in [2.75, 3.05) is 12.0 Å². The maximum absolute atomic E-state index is 13.4. The second-order valence-corrected chi connectivity index (χ2v) is 6.87. The second-order valence-electron chi connectivity index (χ2n) is 6.87. The Morgan fingerprint density at radius 3 is 2.39 bits per heavy atom. The van der Waals surface area contributed by atoms with Crippen molar-refractivity contribution < 1.29 is 31.1 Å². The van der Waals surface area contributed by atoms with Gasteiger partial charge < -0.3 is 14.6 Å². The van der Waals surface area contributed by atoms with Gasteiger partial charge in [0.25, 0.3) is 0 Å². The molecule has 1 aromatic heterocycles. The molecule has 1 fully saturated rings. The highest BCUT2D eigenvalue weighted by molar-refractivity contribution is 5.86. The molecule has 0 aliphatic carbocycles. The van der Waals surface area contributed by atoms with Gasteiger partial charge in [0, 0.05) is 35.8 Å². The molecule has 1 N–H and O–H groups in total. The van der Waals surface area contributed by atoms with Gasteiger partial charge in [-0.2, -0.15) is 26.3 Å². The quantitative estimate of drug-likeness (QED) is 0.762. The molecule has 0 radical (unpaired) electrons. The first-order chi connectivity index (χ1) is 12.9. The van der Waals surface area contributed by atoms with Gasteiger partial charge in [0.2, 0.25) is 5.56 Å². The average molecular weight is 408 g/mol. The number of H-pyrrole nitrogens is 1. The van der Waals surface area contributed by atoms with Crippen molar-refractivity contribution in [2.45, 2.75) is 50.3 Å². The van der Waals surface area contributed by atoms with Crippen molar-refractivity contribution in [3.05, 3.63) is 40.2 Å². The maximum Gasteiger partial charge on any atom is 0.417 e. The SMILES string of the molecule is CO[C@H]([C@H]1CC[C@H](C)N1c1ccc2[nH]c(=O)cc(C(F)(F)F)c2c1)C(F)(F)F. The molecule has 4 nitrogen and oxygen atoms in total. The molecule has 1 aliphatic rings. The van der Waals surface area contributed by atoms with Gasteiger partial charge in [0.1, 0.15) is 0 Å². The Bertz CT molecular complexity index is 921. The summed E-state index contributed by atoms with van der Waals surface area (Å²) in [5, 5.41) is -0.275. The Labute approximate surface area is 156 Å². The average Bonchev–Trinajstić information content (AvgIpc) is 2.93. The zero-order valence-electron chi connectivity index (χ0n) is 15.0. The fraction of sp³-hybridized carbons (Fsp3) is 0.500. The van der Waals surface area contributed by atoms with E-state index in [9.17, 15) is 31.1 Å². The van der Waals surface area contributed by atoms with E-state index < -0.39 is 35.6 Å². The van der Waals surface area contributed by atoms with Crippen LogP contribution in [0.5, 0.6) is 0 Å². The highest BCUT2D eigenvalue weighted by Crippen LogP contribution is 2.40. The van der Waals surface area contributed by atoms with E-state index >= 15 is 0 Å². The Balaban J connectivity index is 2.14. The first kappa shape index (κ1) is 20.5. The smallest absolute Gasteiger partial charge is 0.370 e. The zero-order chi connectivity index (χ0) is 20.9. The van der Waals surface area contributed by atoms with Gasteiger partial charge in [-0.3, -0.25) is 4.79 Å². The van der Waals surface area contributed by atoms with Crippen LogP contribution in [0.2, 0.25) is 0 Å². The number of pyridine rings is 1. The Morgan fingerprint density at radius 2 is 1.82 bits per heavy atom. The topological polar surface area (TPSA) is 45.3 Å². The number of aromatic amines is 1. The zero-order valence-corrected chi connectivity index (χ0v) is 15.0. The normalized spacial score (nSPS) is 22.1. The first-order valence-electron chi connectivity index (χ1n) is 8.55. The van der Waals surface area contributed by atoms with Crippen molar-refractivity contribution in [2.24, 2.45) is 0 Å². The monoisotopic (exact) mass is 408 g/mol.